The van der Waals surface area contributed by atoms with E-state index < -0.39 is 5.66 Å². The topological polar surface area (TPSA) is 59.3 Å². The molecule has 0 amide bonds. The van der Waals surface area contributed by atoms with E-state index in [1.54, 1.807) is 28.9 Å². The highest BCUT2D eigenvalue weighted by molar-refractivity contribution is 7.11. The molecule has 0 saturated carbocycles. The maximum Gasteiger partial charge on any atom is 0.332 e. The fraction of sp³-hybridized carbons (Fsp3) is 0.368. The number of fused-ring (bicyclic) bond motifs is 1. The van der Waals surface area contributed by atoms with Crippen LogP contribution in [0.3, 0.4) is 0 Å². The molecule has 0 aromatic carbocycles. The maximum atomic E-state index is 12.9. The van der Waals surface area contributed by atoms with E-state index in [0.29, 0.717) is 24.6 Å². The minimum absolute atomic E-state index is 0.281. The number of rotatable bonds is 5. The number of aromatic nitrogens is 2. The van der Waals surface area contributed by atoms with Crippen molar-refractivity contribution in [2.45, 2.75) is 39.5 Å². The fourth-order valence-corrected chi connectivity index (χ4v) is 4.13. The van der Waals surface area contributed by atoms with Gasteiger partial charge in [0.15, 0.2) is 5.66 Å². The molecule has 0 bridgehead atoms. The van der Waals surface area contributed by atoms with Gasteiger partial charge in [0.2, 0.25) is 0 Å². The summed E-state index contributed by atoms with van der Waals surface area (Å²) < 4.78 is 2.87. The van der Waals surface area contributed by atoms with Gasteiger partial charge in [-0.1, -0.05) is 6.58 Å². The second kappa shape index (κ2) is 6.64. The van der Waals surface area contributed by atoms with Crippen molar-refractivity contribution in [1.82, 2.24) is 9.13 Å². The second-order valence-corrected chi connectivity index (χ2v) is 7.24. The number of nitrogens with zero attached hydrogens (tertiary/aromatic N) is 3. The summed E-state index contributed by atoms with van der Waals surface area (Å²) in [6.45, 7) is 10.5. The normalized spacial score (nSPS) is 19.0. The Kier molecular flexibility index (Phi) is 4.66. The molecule has 26 heavy (non-hydrogen) atoms. The first-order valence-corrected chi connectivity index (χ1v) is 9.54. The Hall–Kier alpha value is -2.54. The quantitative estimate of drug-likeness (QED) is 0.820. The monoisotopic (exact) mass is 372 g/mol. The lowest BCUT2D eigenvalue weighted by atomic mass is 10.1. The van der Waals surface area contributed by atoms with Crippen LogP contribution in [0.4, 0.5) is 11.5 Å². The van der Waals surface area contributed by atoms with Gasteiger partial charge >= 0.3 is 5.69 Å². The standard InChI is InChI=1S/C19H24N4O2S/c1-6-19(11-9-14-13(4)10-12-26-14)20-16-15(21(19)5)17(24)23(8-3)18(25)22(16)7-2/h6,9-12,20H,1,7-8H2,2-5H3/b11-9+. The number of hydrogen-bond donors (Lipinski definition) is 1. The highest BCUT2D eigenvalue weighted by Crippen LogP contribution is 2.37. The van der Waals surface area contributed by atoms with E-state index in [4.69, 9.17) is 0 Å². The molecule has 1 N–H and O–H groups in total. The second-order valence-electron chi connectivity index (χ2n) is 6.29. The zero-order chi connectivity index (χ0) is 19.1. The van der Waals surface area contributed by atoms with Crippen LogP contribution in [0.1, 0.15) is 24.3 Å². The summed E-state index contributed by atoms with van der Waals surface area (Å²) in [6.07, 6.45) is 5.77. The molecule has 138 valence electrons. The minimum Gasteiger partial charge on any atom is -0.340 e. The van der Waals surface area contributed by atoms with Crippen molar-refractivity contribution in [3.8, 4) is 0 Å². The number of nitrogens with one attached hydrogen (secondary N) is 1. The average molecular weight is 372 g/mol. The largest absolute Gasteiger partial charge is 0.340 e. The van der Waals surface area contributed by atoms with Crippen LogP contribution in [-0.4, -0.2) is 21.8 Å². The molecule has 6 nitrogen and oxygen atoms in total. The third-order valence-corrected chi connectivity index (χ3v) is 5.93. The first kappa shape index (κ1) is 18.3. The van der Waals surface area contributed by atoms with Crippen molar-refractivity contribution in [3.63, 3.8) is 0 Å². The average Bonchev–Trinajstić information content (AvgIpc) is 3.16. The summed E-state index contributed by atoms with van der Waals surface area (Å²) in [5, 5.41) is 5.40. The van der Waals surface area contributed by atoms with Crippen molar-refractivity contribution in [3.05, 3.63) is 61.5 Å². The molecule has 3 heterocycles. The van der Waals surface area contributed by atoms with Crippen molar-refractivity contribution in [2.75, 3.05) is 17.3 Å². The van der Waals surface area contributed by atoms with Crippen LogP contribution >= 0.6 is 11.3 Å². The summed E-state index contributed by atoms with van der Waals surface area (Å²) in [7, 11) is 1.85. The van der Waals surface area contributed by atoms with E-state index in [1.807, 2.05) is 36.4 Å². The van der Waals surface area contributed by atoms with Crippen LogP contribution in [0.2, 0.25) is 0 Å². The SMILES string of the molecule is C=CC1(/C=C/c2sccc2C)Nc2c(c(=O)n(CC)c(=O)n2CC)N1C. The van der Waals surface area contributed by atoms with Gasteiger partial charge in [0.1, 0.15) is 11.5 Å². The first-order chi connectivity index (χ1) is 12.4. The van der Waals surface area contributed by atoms with Gasteiger partial charge in [-0.15, -0.1) is 11.3 Å². The Balaban J connectivity index is 2.18. The van der Waals surface area contributed by atoms with E-state index in [2.05, 4.69) is 24.9 Å². The van der Waals surface area contributed by atoms with Gasteiger partial charge in [-0.3, -0.25) is 13.9 Å². The van der Waals surface area contributed by atoms with E-state index in [-0.39, 0.29) is 11.2 Å². The van der Waals surface area contributed by atoms with Crippen molar-refractivity contribution in [2.24, 2.45) is 0 Å². The van der Waals surface area contributed by atoms with Crippen LogP contribution in [0.15, 0.2) is 39.8 Å². The van der Waals surface area contributed by atoms with E-state index in [9.17, 15) is 9.59 Å². The molecular weight excluding hydrogens is 348 g/mol. The molecule has 0 fully saturated rings. The lowest BCUT2D eigenvalue weighted by molar-refractivity contribution is 0.597. The van der Waals surface area contributed by atoms with Crippen LogP contribution in [-0.2, 0) is 13.1 Å². The fourth-order valence-electron chi connectivity index (χ4n) is 3.31. The Bertz CT molecular complexity index is 998. The Morgan fingerprint density at radius 3 is 2.50 bits per heavy atom. The van der Waals surface area contributed by atoms with Crippen molar-refractivity contribution < 1.29 is 0 Å². The molecule has 3 rings (SSSR count). The van der Waals surface area contributed by atoms with Crippen molar-refractivity contribution in [1.29, 1.82) is 0 Å². The smallest absolute Gasteiger partial charge is 0.332 e. The zero-order valence-electron chi connectivity index (χ0n) is 15.6. The predicted octanol–water partition coefficient (Wildman–Crippen LogP) is 2.88. The molecule has 1 unspecified atom stereocenters. The predicted molar refractivity (Wildman–Crippen MR) is 109 cm³/mol. The van der Waals surface area contributed by atoms with Gasteiger partial charge in [0.05, 0.1) is 0 Å². The zero-order valence-corrected chi connectivity index (χ0v) is 16.4. The number of thiophene rings is 1. The van der Waals surface area contributed by atoms with Crippen LogP contribution < -0.4 is 21.5 Å². The van der Waals surface area contributed by atoms with Gasteiger partial charge in [0, 0.05) is 25.0 Å². The Labute approximate surface area is 156 Å². The lowest BCUT2D eigenvalue weighted by Crippen LogP contribution is -2.46. The van der Waals surface area contributed by atoms with E-state index >= 15 is 0 Å². The molecule has 0 spiro atoms. The molecule has 1 atom stereocenters. The van der Waals surface area contributed by atoms with Crippen molar-refractivity contribution >= 4 is 28.9 Å². The molecule has 0 radical (unpaired) electrons. The highest BCUT2D eigenvalue weighted by atomic mass is 32.1. The maximum absolute atomic E-state index is 12.9. The highest BCUT2D eigenvalue weighted by Gasteiger charge is 2.41. The summed E-state index contributed by atoms with van der Waals surface area (Å²) in [6, 6.07) is 2.07. The summed E-state index contributed by atoms with van der Waals surface area (Å²) >= 11 is 1.66. The molecule has 0 aliphatic carbocycles. The van der Waals surface area contributed by atoms with Gasteiger partial charge in [-0.2, -0.15) is 0 Å². The van der Waals surface area contributed by atoms with Crippen LogP contribution in [0, 0.1) is 6.92 Å². The Morgan fingerprint density at radius 2 is 1.96 bits per heavy atom. The molecule has 1 aliphatic heterocycles. The lowest BCUT2D eigenvalue weighted by Gasteiger charge is -2.31. The van der Waals surface area contributed by atoms with Gasteiger partial charge in [-0.25, -0.2) is 4.79 Å². The molecule has 0 saturated heterocycles. The van der Waals surface area contributed by atoms with Gasteiger partial charge < -0.3 is 10.2 Å². The first-order valence-electron chi connectivity index (χ1n) is 8.66. The Morgan fingerprint density at radius 1 is 1.27 bits per heavy atom. The van der Waals surface area contributed by atoms with Gasteiger partial charge in [0.25, 0.3) is 5.56 Å². The number of hydrogen-bond acceptors (Lipinski definition) is 5. The minimum atomic E-state index is -0.770. The third-order valence-electron chi connectivity index (χ3n) is 4.95. The summed E-state index contributed by atoms with van der Waals surface area (Å²) in [5.41, 5.74) is 0.339. The molecular formula is C19H24N4O2S. The van der Waals surface area contributed by atoms with Crippen LogP contribution in [0.5, 0.6) is 0 Å². The summed E-state index contributed by atoms with van der Waals surface area (Å²) in [4.78, 5) is 28.5. The van der Waals surface area contributed by atoms with Crippen LogP contribution in [0.25, 0.3) is 6.08 Å². The molecule has 1 aliphatic rings. The number of aryl methyl sites for hydroxylation is 1. The molecule has 2 aromatic heterocycles. The van der Waals surface area contributed by atoms with E-state index in [1.165, 1.54) is 10.1 Å². The van der Waals surface area contributed by atoms with E-state index in [0.717, 1.165) is 4.88 Å². The van der Waals surface area contributed by atoms with Gasteiger partial charge in [-0.05, 0) is 56.0 Å². The molecule has 2 aromatic rings. The number of likely N-dealkylation sites (N-methyl/N-ethyl adjacent to an activating group) is 1. The third kappa shape index (κ3) is 2.54. The summed E-state index contributed by atoms with van der Waals surface area (Å²) in [5.74, 6) is 0.544. The number of anilines is 2. The molecule has 7 heteroatoms.